The number of para-hydroxylation sites is 1. The molecule has 0 radical (unpaired) electrons. The summed E-state index contributed by atoms with van der Waals surface area (Å²) in [5.74, 6) is 0.361. The maximum Gasteiger partial charge on any atom is 0.260 e. The second-order valence-corrected chi connectivity index (χ2v) is 6.66. The number of hydrogen-bond acceptors (Lipinski definition) is 3. The highest BCUT2D eigenvalue weighted by Gasteiger charge is 2.16. The zero-order valence-electron chi connectivity index (χ0n) is 13.7. The molecule has 0 aliphatic rings. The lowest BCUT2D eigenvalue weighted by Crippen LogP contribution is -2.14. The summed E-state index contributed by atoms with van der Waals surface area (Å²) in [5.41, 5.74) is 1.22. The number of anilines is 1. The van der Waals surface area contributed by atoms with Crippen LogP contribution in [0.5, 0.6) is 5.75 Å². The number of rotatable bonds is 5. The van der Waals surface area contributed by atoms with Crippen LogP contribution in [0, 0.1) is 0 Å². The molecule has 8 heteroatoms. The standard InChI is InChI=1S/C18H14Cl3N3O2/c1-26-16-5-3-2-4-13(16)18(25)22-17-15(21)10-24(23-17)9-11-6-7-12(19)8-14(11)20/h2-8,10H,9H2,1H3,(H,22,23,25). The Morgan fingerprint density at radius 1 is 1.15 bits per heavy atom. The lowest BCUT2D eigenvalue weighted by atomic mass is 10.2. The molecule has 0 saturated heterocycles. The molecule has 0 unspecified atom stereocenters. The Labute approximate surface area is 165 Å². The average Bonchev–Trinajstić information content (AvgIpc) is 2.96. The lowest BCUT2D eigenvalue weighted by molar-refractivity contribution is 0.102. The molecule has 0 saturated carbocycles. The fraction of sp³-hybridized carbons (Fsp3) is 0.111. The van der Waals surface area contributed by atoms with E-state index in [4.69, 9.17) is 39.5 Å². The number of nitrogens with one attached hydrogen (secondary N) is 1. The van der Waals surface area contributed by atoms with Crippen LogP contribution >= 0.6 is 34.8 Å². The molecule has 1 aromatic heterocycles. The smallest absolute Gasteiger partial charge is 0.260 e. The van der Waals surface area contributed by atoms with Gasteiger partial charge in [0.05, 0.1) is 19.2 Å². The van der Waals surface area contributed by atoms with Gasteiger partial charge >= 0.3 is 0 Å². The van der Waals surface area contributed by atoms with Crippen LogP contribution < -0.4 is 10.1 Å². The first-order valence-electron chi connectivity index (χ1n) is 7.59. The number of carbonyl (C=O) groups excluding carboxylic acids is 1. The highest BCUT2D eigenvalue weighted by Crippen LogP contribution is 2.25. The minimum atomic E-state index is -0.362. The van der Waals surface area contributed by atoms with Crippen LogP contribution in [0.4, 0.5) is 5.82 Å². The fourth-order valence-corrected chi connectivity index (χ4v) is 3.06. The first-order valence-corrected chi connectivity index (χ1v) is 8.72. The Kier molecular flexibility index (Phi) is 5.71. The normalized spacial score (nSPS) is 10.6. The summed E-state index contributed by atoms with van der Waals surface area (Å²) >= 11 is 18.3. The van der Waals surface area contributed by atoms with Crippen LogP contribution in [0.3, 0.4) is 0 Å². The van der Waals surface area contributed by atoms with Crippen molar-refractivity contribution in [1.29, 1.82) is 0 Å². The van der Waals surface area contributed by atoms with Gasteiger partial charge in [-0.3, -0.25) is 9.48 Å². The first-order chi connectivity index (χ1) is 12.5. The Bertz CT molecular complexity index is 957. The van der Waals surface area contributed by atoms with Crippen molar-refractivity contribution in [2.75, 3.05) is 12.4 Å². The van der Waals surface area contributed by atoms with E-state index in [0.717, 1.165) is 5.56 Å². The Morgan fingerprint density at radius 3 is 2.65 bits per heavy atom. The molecule has 1 N–H and O–H groups in total. The van der Waals surface area contributed by atoms with Crippen LogP contribution in [0.1, 0.15) is 15.9 Å². The van der Waals surface area contributed by atoms with E-state index in [1.807, 2.05) is 6.07 Å². The number of methoxy groups -OCH3 is 1. The van der Waals surface area contributed by atoms with Gasteiger partial charge in [0.15, 0.2) is 5.82 Å². The molecule has 3 aromatic rings. The van der Waals surface area contributed by atoms with E-state index in [1.165, 1.54) is 7.11 Å². The van der Waals surface area contributed by atoms with Crippen molar-refractivity contribution >= 4 is 46.5 Å². The first kappa shape index (κ1) is 18.6. The molecular weight excluding hydrogens is 397 g/mol. The largest absolute Gasteiger partial charge is 0.496 e. The van der Waals surface area contributed by atoms with E-state index in [2.05, 4.69) is 10.4 Å². The predicted octanol–water partition coefficient (Wildman–Crippen LogP) is 5.15. The number of aromatic nitrogens is 2. The van der Waals surface area contributed by atoms with Gasteiger partial charge in [-0.2, -0.15) is 5.10 Å². The topological polar surface area (TPSA) is 56.1 Å². The molecular formula is C18H14Cl3N3O2. The molecule has 1 heterocycles. The van der Waals surface area contributed by atoms with Gasteiger partial charge in [0.1, 0.15) is 10.8 Å². The number of nitrogens with zero attached hydrogens (tertiary/aromatic N) is 2. The summed E-state index contributed by atoms with van der Waals surface area (Å²) in [6, 6.07) is 12.1. The van der Waals surface area contributed by atoms with Gasteiger partial charge in [-0.25, -0.2) is 0 Å². The van der Waals surface area contributed by atoms with Crippen molar-refractivity contribution in [3.63, 3.8) is 0 Å². The summed E-state index contributed by atoms with van der Waals surface area (Å²) in [7, 11) is 1.50. The third-order valence-electron chi connectivity index (χ3n) is 3.65. The average molecular weight is 411 g/mol. The van der Waals surface area contributed by atoms with Gasteiger partial charge in [0, 0.05) is 16.2 Å². The molecule has 134 valence electrons. The van der Waals surface area contributed by atoms with Crippen molar-refractivity contribution in [2.24, 2.45) is 0 Å². The van der Waals surface area contributed by atoms with E-state index in [0.29, 0.717) is 32.9 Å². The molecule has 1 amide bonds. The quantitative estimate of drug-likeness (QED) is 0.632. The van der Waals surface area contributed by atoms with Crippen LogP contribution in [0.15, 0.2) is 48.7 Å². The minimum absolute atomic E-state index is 0.257. The molecule has 0 spiro atoms. The maximum atomic E-state index is 12.5. The molecule has 5 nitrogen and oxygen atoms in total. The van der Waals surface area contributed by atoms with Crippen LogP contribution in [0.25, 0.3) is 0 Å². The minimum Gasteiger partial charge on any atom is -0.496 e. The van der Waals surface area contributed by atoms with E-state index in [9.17, 15) is 4.79 Å². The number of amides is 1. The van der Waals surface area contributed by atoms with Gasteiger partial charge in [-0.1, -0.05) is 53.0 Å². The molecule has 2 aromatic carbocycles. The third-order valence-corrected chi connectivity index (χ3v) is 4.51. The summed E-state index contributed by atoms with van der Waals surface area (Å²) in [6.07, 6.45) is 1.62. The molecule has 3 rings (SSSR count). The summed E-state index contributed by atoms with van der Waals surface area (Å²) in [5, 5.41) is 8.41. The van der Waals surface area contributed by atoms with Crippen LogP contribution in [-0.4, -0.2) is 22.8 Å². The highest BCUT2D eigenvalue weighted by atomic mass is 35.5. The van der Waals surface area contributed by atoms with Crippen LogP contribution in [0.2, 0.25) is 15.1 Å². The van der Waals surface area contributed by atoms with E-state index < -0.39 is 0 Å². The number of halogens is 3. The van der Waals surface area contributed by atoms with Crippen molar-refractivity contribution in [1.82, 2.24) is 9.78 Å². The predicted molar refractivity (Wildman–Crippen MR) is 104 cm³/mol. The van der Waals surface area contributed by atoms with Crippen molar-refractivity contribution in [3.05, 3.63) is 74.9 Å². The van der Waals surface area contributed by atoms with Gasteiger partial charge in [-0.05, 0) is 29.8 Å². The van der Waals surface area contributed by atoms with Crippen molar-refractivity contribution in [2.45, 2.75) is 6.54 Å². The molecule has 0 atom stereocenters. The van der Waals surface area contributed by atoms with E-state index >= 15 is 0 Å². The number of ether oxygens (including phenoxy) is 1. The number of benzene rings is 2. The zero-order chi connectivity index (χ0) is 18.7. The second-order valence-electron chi connectivity index (χ2n) is 5.41. The van der Waals surface area contributed by atoms with Crippen molar-refractivity contribution in [3.8, 4) is 5.75 Å². The molecule has 0 aliphatic heterocycles. The van der Waals surface area contributed by atoms with Gasteiger partial charge in [0.2, 0.25) is 0 Å². The summed E-state index contributed by atoms with van der Waals surface area (Å²) in [6.45, 7) is 0.389. The van der Waals surface area contributed by atoms with Gasteiger partial charge in [-0.15, -0.1) is 0 Å². The van der Waals surface area contributed by atoms with Crippen molar-refractivity contribution < 1.29 is 9.53 Å². The van der Waals surface area contributed by atoms with Crippen LogP contribution in [-0.2, 0) is 6.54 Å². The monoisotopic (exact) mass is 409 g/mol. The Hall–Kier alpha value is -2.21. The number of carbonyl (C=O) groups is 1. The lowest BCUT2D eigenvalue weighted by Gasteiger charge is -2.08. The SMILES string of the molecule is COc1ccccc1C(=O)Nc1nn(Cc2ccc(Cl)cc2Cl)cc1Cl. The summed E-state index contributed by atoms with van der Waals surface area (Å²) < 4.78 is 6.79. The number of hydrogen-bond donors (Lipinski definition) is 1. The van der Waals surface area contributed by atoms with Gasteiger partial charge < -0.3 is 10.1 Å². The molecule has 26 heavy (non-hydrogen) atoms. The highest BCUT2D eigenvalue weighted by molar-refractivity contribution is 6.35. The van der Waals surface area contributed by atoms with Gasteiger partial charge in [0.25, 0.3) is 5.91 Å². The van der Waals surface area contributed by atoms with E-state index in [-0.39, 0.29) is 11.7 Å². The third kappa shape index (κ3) is 4.12. The Balaban J connectivity index is 1.79. The Morgan fingerprint density at radius 2 is 1.92 bits per heavy atom. The molecule has 0 aliphatic carbocycles. The zero-order valence-corrected chi connectivity index (χ0v) is 15.9. The fourth-order valence-electron chi connectivity index (χ4n) is 2.39. The second kappa shape index (κ2) is 7.99. The maximum absolute atomic E-state index is 12.5. The molecule has 0 bridgehead atoms. The molecule has 0 fully saturated rings. The van der Waals surface area contributed by atoms with E-state index in [1.54, 1.807) is 47.3 Å². The summed E-state index contributed by atoms with van der Waals surface area (Å²) in [4.78, 5) is 12.5.